The van der Waals surface area contributed by atoms with E-state index < -0.39 is 0 Å². The fourth-order valence-electron chi connectivity index (χ4n) is 0.954. The molecule has 2 nitrogen and oxygen atoms in total. The van der Waals surface area contributed by atoms with Crippen LogP contribution >= 0.6 is 12.2 Å². The van der Waals surface area contributed by atoms with Crippen LogP contribution in [-0.4, -0.2) is 17.3 Å². The molecule has 0 aromatic carbocycles. The van der Waals surface area contributed by atoms with Crippen LogP contribution in [0.4, 0.5) is 0 Å². The lowest BCUT2D eigenvalue weighted by atomic mass is 10.2. The molecule has 14 heavy (non-hydrogen) atoms. The van der Waals surface area contributed by atoms with E-state index in [1.807, 2.05) is 13.8 Å². The van der Waals surface area contributed by atoms with Gasteiger partial charge >= 0.3 is 0 Å². The van der Waals surface area contributed by atoms with Crippen molar-refractivity contribution in [1.82, 2.24) is 5.32 Å². The molecule has 0 saturated carbocycles. The van der Waals surface area contributed by atoms with E-state index in [1.165, 1.54) is 0 Å². The lowest BCUT2D eigenvalue weighted by molar-refractivity contribution is 0.225. The van der Waals surface area contributed by atoms with Crippen LogP contribution in [0.3, 0.4) is 0 Å². The summed E-state index contributed by atoms with van der Waals surface area (Å²) in [5.74, 6) is 0. The van der Waals surface area contributed by atoms with E-state index in [-0.39, 0.29) is 6.10 Å². The van der Waals surface area contributed by atoms with Gasteiger partial charge in [0.15, 0.2) is 0 Å². The van der Waals surface area contributed by atoms with Crippen molar-refractivity contribution in [2.24, 2.45) is 0 Å². The van der Waals surface area contributed by atoms with Gasteiger partial charge in [-0.1, -0.05) is 19.9 Å². The summed E-state index contributed by atoms with van der Waals surface area (Å²) in [5.41, 5.74) is 0. The third-order valence-electron chi connectivity index (χ3n) is 1.65. The Balaban J connectivity index is 3.92. The fourth-order valence-corrected chi connectivity index (χ4v) is 1.31. The molecular formula is C11H21NOS. The van der Waals surface area contributed by atoms with Gasteiger partial charge in [-0.3, -0.25) is 0 Å². The molecule has 0 radical (unpaired) electrons. The lowest BCUT2D eigenvalue weighted by Crippen LogP contribution is -2.32. The second-order valence-electron chi connectivity index (χ2n) is 3.49. The summed E-state index contributed by atoms with van der Waals surface area (Å²) in [6.07, 6.45) is 6.25. The molecule has 0 rings (SSSR count). The van der Waals surface area contributed by atoms with Gasteiger partial charge in [-0.05, 0) is 45.0 Å². The van der Waals surface area contributed by atoms with Crippen molar-refractivity contribution in [3.63, 3.8) is 0 Å². The number of hydrogen-bond donors (Lipinski definition) is 1. The first-order valence-corrected chi connectivity index (χ1v) is 5.64. The Labute approximate surface area is 92.7 Å². The number of hydrogen-bond acceptors (Lipinski definition) is 2. The maximum Gasteiger partial charge on any atom is 0.257 e. The minimum atomic E-state index is 0.105. The summed E-state index contributed by atoms with van der Waals surface area (Å²) in [6.45, 7) is 8.27. The van der Waals surface area contributed by atoms with E-state index in [0.717, 1.165) is 12.8 Å². The average Bonchev–Trinajstić information content (AvgIpc) is 2.10. The number of rotatable bonds is 5. The minimum absolute atomic E-state index is 0.105. The fraction of sp³-hybridized carbons (Fsp3) is 0.727. The van der Waals surface area contributed by atoms with Gasteiger partial charge in [0.25, 0.3) is 5.17 Å². The quantitative estimate of drug-likeness (QED) is 0.562. The molecule has 0 bridgehead atoms. The summed E-state index contributed by atoms with van der Waals surface area (Å²) in [5, 5.41) is 3.55. The molecule has 0 saturated heterocycles. The maximum absolute atomic E-state index is 5.55. The van der Waals surface area contributed by atoms with Crippen LogP contribution in [0.1, 0.15) is 40.5 Å². The second-order valence-corrected chi connectivity index (χ2v) is 3.86. The van der Waals surface area contributed by atoms with Crippen molar-refractivity contribution in [3.8, 4) is 0 Å². The molecule has 0 spiro atoms. The largest absolute Gasteiger partial charge is 0.464 e. The monoisotopic (exact) mass is 215 g/mol. The minimum Gasteiger partial charge on any atom is -0.464 e. The average molecular weight is 215 g/mol. The molecule has 1 N–H and O–H groups in total. The molecule has 82 valence electrons. The van der Waals surface area contributed by atoms with Gasteiger partial charge in [-0.25, -0.2) is 0 Å². The van der Waals surface area contributed by atoms with Gasteiger partial charge < -0.3 is 10.1 Å². The normalized spacial score (nSPS) is 13.2. The molecule has 0 fully saturated rings. The molecule has 0 aliphatic carbocycles. The van der Waals surface area contributed by atoms with E-state index in [2.05, 4.69) is 31.3 Å². The highest BCUT2D eigenvalue weighted by Crippen LogP contribution is 2.01. The third kappa shape index (κ3) is 6.89. The smallest absolute Gasteiger partial charge is 0.257 e. The third-order valence-corrected chi connectivity index (χ3v) is 1.87. The zero-order valence-corrected chi connectivity index (χ0v) is 10.4. The van der Waals surface area contributed by atoms with E-state index in [9.17, 15) is 0 Å². The predicted octanol–water partition coefficient (Wildman–Crippen LogP) is 3.03. The number of ether oxygens (including phenoxy) is 1. The van der Waals surface area contributed by atoms with Crippen LogP contribution in [0.15, 0.2) is 12.2 Å². The molecule has 1 atom stereocenters. The molecule has 0 amide bonds. The van der Waals surface area contributed by atoms with Crippen molar-refractivity contribution < 1.29 is 4.74 Å². The summed E-state index contributed by atoms with van der Waals surface area (Å²) in [6, 6.07) is 0.329. The number of nitrogens with one attached hydrogen (secondary N) is 1. The highest BCUT2D eigenvalue weighted by Gasteiger charge is 2.06. The maximum atomic E-state index is 5.55. The number of allylic oxidation sites excluding steroid dienone is 1. The highest BCUT2D eigenvalue weighted by atomic mass is 32.1. The summed E-state index contributed by atoms with van der Waals surface area (Å²) in [4.78, 5) is 0. The van der Waals surface area contributed by atoms with Crippen molar-refractivity contribution in [2.45, 2.75) is 52.7 Å². The van der Waals surface area contributed by atoms with E-state index in [1.54, 1.807) is 0 Å². The lowest BCUT2D eigenvalue weighted by Gasteiger charge is -2.17. The first-order valence-electron chi connectivity index (χ1n) is 5.23. The summed E-state index contributed by atoms with van der Waals surface area (Å²) < 4.78 is 5.55. The predicted molar refractivity (Wildman–Crippen MR) is 65.5 cm³/mol. The van der Waals surface area contributed by atoms with Crippen LogP contribution in [0.25, 0.3) is 0 Å². The van der Waals surface area contributed by atoms with Gasteiger partial charge in [0.1, 0.15) is 6.10 Å². The zero-order chi connectivity index (χ0) is 11.0. The molecule has 0 aliphatic heterocycles. The summed E-state index contributed by atoms with van der Waals surface area (Å²) >= 11 is 5.06. The van der Waals surface area contributed by atoms with Crippen LogP contribution in [0, 0.1) is 0 Å². The molecule has 1 unspecified atom stereocenters. The molecular weight excluding hydrogens is 194 g/mol. The second kappa shape index (κ2) is 7.80. The molecule has 0 aliphatic rings. The highest BCUT2D eigenvalue weighted by molar-refractivity contribution is 7.80. The molecule has 0 aromatic rings. The van der Waals surface area contributed by atoms with Gasteiger partial charge in [-0.2, -0.15) is 0 Å². The van der Waals surface area contributed by atoms with Crippen molar-refractivity contribution in [3.05, 3.63) is 12.2 Å². The number of thiocarbonyl (C=S) groups is 1. The van der Waals surface area contributed by atoms with E-state index in [0.29, 0.717) is 11.2 Å². The van der Waals surface area contributed by atoms with Gasteiger partial charge in [-0.15, -0.1) is 0 Å². The van der Waals surface area contributed by atoms with Crippen LogP contribution < -0.4 is 5.32 Å². The van der Waals surface area contributed by atoms with Crippen molar-refractivity contribution >= 4 is 17.4 Å². The van der Waals surface area contributed by atoms with Crippen LogP contribution in [0.5, 0.6) is 0 Å². The molecule has 0 heterocycles. The van der Waals surface area contributed by atoms with Gasteiger partial charge in [0, 0.05) is 6.04 Å². The zero-order valence-electron chi connectivity index (χ0n) is 9.54. The van der Waals surface area contributed by atoms with E-state index >= 15 is 0 Å². The topological polar surface area (TPSA) is 21.3 Å². The Morgan fingerprint density at radius 3 is 2.50 bits per heavy atom. The van der Waals surface area contributed by atoms with Gasteiger partial charge in [0.2, 0.25) is 0 Å². The molecule has 3 heteroatoms. The Morgan fingerprint density at radius 2 is 2.07 bits per heavy atom. The first kappa shape index (κ1) is 13.4. The van der Waals surface area contributed by atoms with E-state index in [4.69, 9.17) is 17.0 Å². The van der Waals surface area contributed by atoms with Gasteiger partial charge in [0.05, 0.1) is 0 Å². The van der Waals surface area contributed by atoms with Crippen LogP contribution in [-0.2, 0) is 4.74 Å². The standard InChI is InChI=1S/C11H21NOS/c1-5-7-8-10(6-2)13-11(14)12-9(3)4/h7-10H,5-6H2,1-4H3,(H,12,14)/b8-7+. The first-order chi connectivity index (χ1) is 6.60. The molecule has 0 aromatic heterocycles. The van der Waals surface area contributed by atoms with Crippen LogP contribution in [0.2, 0.25) is 0 Å². The summed E-state index contributed by atoms with van der Waals surface area (Å²) in [7, 11) is 0. The van der Waals surface area contributed by atoms with Crippen molar-refractivity contribution in [2.75, 3.05) is 0 Å². The van der Waals surface area contributed by atoms with Crippen molar-refractivity contribution in [1.29, 1.82) is 0 Å². The Morgan fingerprint density at radius 1 is 1.43 bits per heavy atom. The Kier molecular flexibility index (Phi) is 7.48. The SMILES string of the molecule is CC/C=C/C(CC)OC(=S)NC(C)C. The Bertz CT molecular complexity index is 190. The Hall–Kier alpha value is -0.570.